The van der Waals surface area contributed by atoms with Crippen LogP contribution in [0.2, 0.25) is 0 Å². The van der Waals surface area contributed by atoms with Crippen molar-refractivity contribution in [3.63, 3.8) is 0 Å². The zero-order valence-electron chi connectivity index (χ0n) is 9.45. The summed E-state index contributed by atoms with van der Waals surface area (Å²) in [5.74, 6) is 2.52. The molecule has 1 aliphatic heterocycles. The van der Waals surface area contributed by atoms with Gasteiger partial charge in [0.05, 0.1) is 13.2 Å². The number of carbonyl (C=O) groups is 1. The van der Waals surface area contributed by atoms with E-state index in [2.05, 4.69) is 5.92 Å². The summed E-state index contributed by atoms with van der Waals surface area (Å²) in [7, 11) is 0. The number of terminal acetylenes is 1. The second kappa shape index (κ2) is 4.54. The van der Waals surface area contributed by atoms with Gasteiger partial charge in [0.15, 0.2) is 0 Å². The topological polar surface area (TPSA) is 38.8 Å². The predicted octanol–water partition coefficient (Wildman–Crippen LogP) is 1.26. The predicted molar refractivity (Wildman–Crippen MR) is 56.4 cm³/mol. The van der Waals surface area contributed by atoms with Gasteiger partial charge in [-0.2, -0.15) is 0 Å². The number of morpholine rings is 1. The highest BCUT2D eigenvalue weighted by Crippen LogP contribution is 2.13. The van der Waals surface area contributed by atoms with Crippen LogP contribution in [0.3, 0.4) is 0 Å². The number of rotatable bonds is 0. The molecule has 0 aromatic rings. The fraction of sp³-hybridized carbons (Fsp3) is 0.727. The number of carbonyl (C=O) groups excluding carboxylic acids is 1. The molecule has 1 fully saturated rings. The molecule has 1 amide bonds. The monoisotopic (exact) mass is 211 g/mol. The zero-order chi connectivity index (χ0) is 11.5. The highest BCUT2D eigenvalue weighted by Gasteiger charge is 2.29. The second-order valence-electron chi connectivity index (χ2n) is 4.43. The first-order valence-electron chi connectivity index (χ1n) is 4.97. The maximum absolute atomic E-state index is 11.7. The second-order valence-corrected chi connectivity index (χ2v) is 4.43. The van der Waals surface area contributed by atoms with Gasteiger partial charge in [-0.25, -0.2) is 4.79 Å². The fourth-order valence-corrected chi connectivity index (χ4v) is 1.28. The Labute approximate surface area is 90.5 Å². The van der Waals surface area contributed by atoms with Crippen LogP contribution in [0.25, 0.3) is 0 Å². The zero-order valence-corrected chi connectivity index (χ0v) is 9.45. The van der Waals surface area contributed by atoms with Crippen molar-refractivity contribution in [2.75, 3.05) is 19.8 Å². The third-order valence-electron chi connectivity index (χ3n) is 1.95. The van der Waals surface area contributed by atoms with E-state index in [0.717, 1.165) is 0 Å². The summed E-state index contributed by atoms with van der Waals surface area (Å²) in [5.41, 5.74) is -0.492. The standard InChI is InChI=1S/C11H17NO3/c1-5-9-8-14-7-6-12(9)10(13)15-11(2,3)4/h1,9H,6-8H2,2-4H3/t9-/m1/s1. The van der Waals surface area contributed by atoms with Crippen LogP contribution in [0.1, 0.15) is 20.8 Å². The minimum atomic E-state index is -0.492. The molecular weight excluding hydrogens is 194 g/mol. The lowest BCUT2D eigenvalue weighted by atomic mass is 10.2. The molecule has 84 valence electrons. The molecule has 1 atom stereocenters. The number of nitrogens with zero attached hydrogens (tertiary/aromatic N) is 1. The normalized spacial score (nSPS) is 22.0. The van der Waals surface area contributed by atoms with Gasteiger partial charge < -0.3 is 9.47 Å². The van der Waals surface area contributed by atoms with Crippen molar-refractivity contribution in [3.8, 4) is 12.3 Å². The lowest BCUT2D eigenvalue weighted by molar-refractivity contribution is -0.0198. The largest absolute Gasteiger partial charge is 0.444 e. The van der Waals surface area contributed by atoms with Gasteiger partial charge in [-0.05, 0) is 20.8 Å². The van der Waals surface area contributed by atoms with Gasteiger partial charge >= 0.3 is 6.09 Å². The van der Waals surface area contributed by atoms with Gasteiger partial charge in [0.25, 0.3) is 0 Å². The molecule has 1 heterocycles. The van der Waals surface area contributed by atoms with Crippen LogP contribution in [0.5, 0.6) is 0 Å². The van der Waals surface area contributed by atoms with Crippen molar-refractivity contribution in [2.45, 2.75) is 32.4 Å². The molecule has 0 aromatic heterocycles. The van der Waals surface area contributed by atoms with Crippen LogP contribution in [0.4, 0.5) is 4.79 Å². The van der Waals surface area contributed by atoms with E-state index in [1.807, 2.05) is 20.8 Å². The summed E-state index contributed by atoms with van der Waals surface area (Å²) in [6, 6.07) is -0.311. The number of ether oxygens (including phenoxy) is 2. The molecule has 0 N–H and O–H groups in total. The number of hydrogen-bond acceptors (Lipinski definition) is 3. The van der Waals surface area contributed by atoms with Gasteiger partial charge in [-0.1, -0.05) is 5.92 Å². The van der Waals surface area contributed by atoms with Crippen molar-refractivity contribution in [2.24, 2.45) is 0 Å². The molecule has 0 bridgehead atoms. The fourth-order valence-electron chi connectivity index (χ4n) is 1.28. The molecule has 1 saturated heterocycles. The van der Waals surface area contributed by atoms with Gasteiger partial charge in [-0.15, -0.1) is 6.42 Å². The molecule has 4 nitrogen and oxygen atoms in total. The van der Waals surface area contributed by atoms with Crippen LogP contribution in [-0.4, -0.2) is 42.4 Å². The third kappa shape index (κ3) is 3.45. The van der Waals surface area contributed by atoms with E-state index >= 15 is 0 Å². The SMILES string of the molecule is C#C[C@@H]1COCCN1C(=O)OC(C)(C)C. The van der Waals surface area contributed by atoms with E-state index in [9.17, 15) is 4.79 Å². The van der Waals surface area contributed by atoms with E-state index in [1.165, 1.54) is 4.90 Å². The van der Waals surface area contributed by atoms with Crippen molar-refractivity contribution in [1.82, 2.24) is 4.90 Å². The maximum atomic E-state index is 11.7. The Morgan fingerprint density at radius 1 is 1.60 bits per heavy atom. The van der Waals surface area contributed by atoms with Crippen LogP contribution in [-0.2, 0) is 9.47 Å². The quantitative estimate of drug-likeness (QED) is 0.566. The van der Waals surface area contributed by atoms with Gasteiger partial charge in [0.2, 0.25) is 0 Å². The average Bonchev–Trinajstić information content (AvgIpc) is 2.15. The van der Waals surface area contributed by atoms with Gasteiger partial charge in [-0.3, -0.25) is 4.90 Å². The Bertz CT molecular complexity index is 275. The van der Waals surface area contributed by atoms with Gasteiger partial charge in [0, 0.05) is 6.54 Å². The highest BCUT2D eigenvalue weighted by molar-refractivity contribution is 5.69. The molecule has 4 heteroatoms. The maximum Gasteiger partial charge on any atom is 0.411 e. The minimum absolute atomic E-state index is 0.311. The summed E-state index contributed by atoms with van der Waals surface area (Å²) in [5, 5.41) is 0. The van der Waals surface area contributed by atoms with Crippen LogP contribution < -0.4 is 0 Å². The van der Waals surface area contributed by atoms with E-state index in [1.54, 1.807) is 0 Å². The molecule has 0 spiro atoms. The lowest BCUT2D eigenvalue weighted by Gasteiger charge is -2.33. The summed E-state index contributed by atoms with van der Waals surface area (Å²) in [6.45, 7) is 6.87. The van der Waals surface area contributed by atoms with Crippen LogP contribution in [0, 0.1) is 12.3 Å². The Morgan fingerprint density at radius 3 is 2.80 bits per heavy atom. The Morgan fingerprint density at radius 2 is 2.27 bits per heavy atom. The van der Waals surface area contributed by atoms with E-state index in [4.69, 9.17) is 15.9 Å². The Hall–Kier alpha value is -1.21. The number of hydrogen-bond donors (Lipinski definition) is 0. The Balaban J connectivity index is 2.61. The van der Waals surface area contributed by atoms with Crippen molar-refractivity contribution < 1.29 is 14.3 Å². The molecule has 0 aliphatic carbocycles. The van der Waals surface area contributed by atoms with E-state index < -0.39 is 5.60 Å². The summed E-state index contributed by atoms with van der Waals surface area (Å²) >= 11 is 0. The summed E-state index contributed by atoms with van der Waals surface area (Å²) in [4.78, 5) is 13.3. The van der Waals surface area contributed by atoms with E-state index in [-0.39, 0.29) is 12.1 Å². The van der Waals surface area contributed by atoms with Crippen LogP contribution in [0.15, 0.2) is 0 Å². The number of amides is 1. The summed E-state index contributed by atoms with van der Waals surface area (Å²) in [6.07, 6.45) is 4.95. The Kier molecular flexibility index (Phi) is 3.59. The van der Waals surface area contributed by atoms with Gasteiger partial charge in [0.1, 0.15) is 11.6 Å². The molecule has 0 radical (unpaired) electrons. The lowest BCUT2D eigenvalue weighted by Crippen LogP contribution is -2.49. The molecule has 1 aliphatic rings. The van der Waals surface area contributed by atoms with Crippen molar-refractivity contribution in [3.05, 3.63) is 0 Å². The molecule has 0 saturated carbocycles. The van der Waals surface area contributed by atoms with E-state index in [0.29, 0.717) is 19.8 Å². The first kappa shape index (κ1) is 11.9. The molecule has 15 heavy (non-hydrogen) atoms. The molecule has 1 rings (SSSR count). The first-order chi connectivity index (χ1) is 6.94. The first-order valence-corrected chi connectivity index (χ1v) is 4.97. The summed E-state index contributed by atoms with van der Waals surface area (Å²) < 4.78 is 10.4. The molecular formula is C11H17NO3. The molecule has 0 aromatic carbocycles. The third-order valence-corrected chi connectivity index (χ3v) is 1.95. The highest BCUT2D eigenvalue weighted by atomic mass is 16.6. The average molecular weight is 211 g/mol. The minimum Gasteiger partial charge on any atom is -0.444 e. The van der Waals surface area contributed by atoms with Crippen LogP contribution >= 0.6 is 0 Å². The smallest absolute Gasteiger partial charge is 0.411 e. The van der Waals surface area contributed by atoms with Crippen molar-refractivity contribution >= 4 is 6.09 Å². The van der Waals surface area contributed by atoms with Crippen molar-refractivity contribution in [1.29, 1.82) is 0 Å². The molecule has 0 unspecified atom stereocenters.